The van der Waals surface area contributed by atoms with E-state index in [0.717, 1.165) is 48.3 Å². The summed E-state index contributed by atoms with van der Waals surface area (Å²) in [6.45, 7) is 4.45. The molecule has 0 saturated carbocycles. The van der Waals surface area contributed by atoms with E-state index in [2.05, 4.69) is 196 Å². The number of hydrogen-bond acceptors (Lipinski definition) is 2. The second-order valence-corrected chi connectivity index (χ2v) is 15.0. The van der Waals surface area contributed by atoms with E-state index in [4.69, 9.17) is 9.47 Å². The monoisotopic (exact) mass is 756 g/mol. The summed E-state index contributed by atoms with van der Waals surface area (Å²) in [5, 5.41) is 0. The maximum absolute atomic E-state index is 5.75. The van der Waals surface area contributed by atoms with Gasteiger partial charge in [-0.1, -0.05) is 182 Å². The summed E-state index contributed by atoms with van der Waals surface area (Å²) in [6.07, 6.45) is 3.73. The van der Waals surface area contributed by atoms with Gasteiger partial charge >= 0.3 is 0 Å². The third kappa shape index (κ3) is 10.4. The van der Waals surface area contributed by atoms with Crippen LogP contribution in [0.4, 0.5) is 0 Å². The van der Waals surface area contributed by atoms with Crippen LogP contribution in [0.15, 0.2) is 194 Å². The average Bonchev–Trinajstić information content (AvgIpc) is 3.26. The van der Waals surface area contributed by atoms with Crippen LogP contribution >= 0.6 is 0 Å². The summed E-state index contributed by atoms with van der Waals surface area (Å²) in [7, 11) is 3.45. The molecule has 0 fully saturated rings. The first-order valence-corrected chi connectivity index (χ1v) is 20.1. The lowest BCUT2D eigenvalue weighted by Crippen LogP contribution is -1.96. The number of ether oxygens (including phenoxy) is 2. The number of hydrogen-bond donors (Lipinski definition) is 0. The normalized spacial score (nSPS) is 10.7. The highest BCUT2D eigenvalue weighted by atomic mass is 16.5. The van der Waals surface area contributed by atoms with Gasteiger partial charge in [0.15, 0.2) is 0 Å². The van der Waals surface area contributed by atoms with Crippen LogP contribution < -0.4 is 9.47 Å². The lowest BCUT2D eigenvalue weighted by molar-refractivity contribution is 0.410. The van der Waals surface area contributed by atoms with Crippen molar-refractivity contribution < 1.29 is 9.47 Å². The van der Waals surface area contributed by atoms with Crippen LogP contribution in [0.2, 0.25) is 0 Å². The molecule has 8 aromatic rings. The van der Waals surface area contributed by atoms with Gasteiger partial charge in [0.2, 0.25) is 0 Å². The highest BCUT2D eigenvalue weighted by molar-refractivity contribution is 5.77. The summed E-state index contributed by atoms with van der Waals surface area (Å²) in [6, 6.07) is 68.9. The molecule has 2 heteroatoms. The van der Waals surface area contributed by atoms with Crippen molar-refractivity contribution in [3.05, 3.63) is 250 Å². The summed E-state index contributed by atoms with van der Waals surface area (Å²) in [5.74, 6) is 1.72. The molecule has 0 atom stereocenters. The summed E-state index contributed by atoms with van der Waals surface area (Å²) >= 11 is 0. The van der Waals surface area contributed by atoms with E-state index in [1.54, 1.807) is 14.2 Å². The molecule has 2 nitrogen and oxygen atoms in total. The Morgan fingerprint density at radius 3 is 0.793 bits per heavy atom. The van der Waals surface area contributed by atoms with E-state index in [-0.39, 0.29) is 0 Å². The highest BCUT2D eigenvalue weighted by Crippen LogP contribution is 2.38. The van der Waals surface area contributed by atoms with Gasteiger partial charge in [-0.05, 0) is 118 Å². The predicted molar refractivity (Wildman–Crippen MR) is 243 cm³/mol. The van der Waals surface area contributed by atoms with Gasteiger partial charge in [0.05, 0.1) is 14.2 Å². The molecule has 8 rings (SSSR count). The van der Waals surface area contributed by atoms with Crippen molar-refractivity contribution in [1.82, 2.24) is 0 Å². The van der Waals surface area contributed by atoms with Gasteiger partial charge in [-0.15, -0.1) is 0 Å². The molecule has 0 aliphatic rings. The standard InChI is InChI=1S/C28H26O2.C28H26/c1-29-27-19-23(17-21-9-5-3-6-10-21)13-15-25(27)26-16-14-24(20-28(26)30-2)18-22-11-7-4-8-12-22;1-21-17-25(19-23-9-5-3-6-10-23)13-15-27(21)28-16-14-26(18-22(28)2)20-24-11-7-4-8-12-24/h3-16,19-20H,17-18H2,1-2H3;3-18H,19-20H2,1-2H3. The lowest BCUT2D eigenvalue weighted by atomic mass is 9.92. The highest BCUT2D eigenvalue weighted by Gasteiger charge is 2.14. The number of benzene rings is 8. The molecule has 0 saturated heterocycles. The van der Waals surface area contributed by atoms with Gasteiger partial charge in [0, 0.05) is 11.1 Å². The molecule has 8 aromatic carbocycles. The lowest BCUT2D eigenvalue weighted by Gasteiger charge is -2.15. The Kier molecular flexibility index (Phi) is 13.3. The van der Waals surface area contributed by atoms with Gasteiger partial charge in [0.1, 0.15) is 11.5 Å². The van der Waals surface area contributed by atoms with Gasteiger partial charge < -0.3 is 9.47 Å². The maximum Gasteiger partial charge on any atom is 0.127 e. The van der Waals surface area contributed by atoms with Crippen LogP contribution in [0.5, 0.6) is 11.5 Å². The topological polar surface area (TPSA) is 18.5 Å². The maximum atomic E-state index is 5.75. The fraction of sp³-hybridized carbons (Fsp3) is 0.143. The van der Waals surface area contributed by atoms with Crippen molar-refractivity contribution >= 4 is 0 Å². The summed E-state index contributed by atoms with van der Waals surface area (Å²) < 4.78 is 11.5. The summed E-state index contributed by atoms with van der Waals surface area (Å²) in [4.78, 5) is 0. The Morgan fingerprint density at radius 1 is 0.276 bits per heavy atom. The zero-order valence-corrected chi connectivity index (χ0v) is 34.1. The van der Waals surface area contributed by atoms with E-state index < -0.39 is 0 Å². The molecule has 0 aromatic heterocycles. The van der Waals surface area contributed by atoms with Gasteiger partial charge in [0.25, 0.3) is 0 Å². The molecular weight excluding hydrogens is 705 g/mol. The molecule has 0 aliphatic carbocycles. The van der Waals surface area contributed by atoms with Crippen molar-refractivity contribution in [2.45, 2.75) is 39.5 Å². The molecule has 0 N–H and O–H groups in total. The molecule has 0 unspecified atom stereocenters. The van der Waals surface area contributed by atoms with Crippen molar-refractivity contribution in [3.63, 3.8) is 0 Å². The van der Waals surface area contributed by atoms with Crippen LogP contribution in [-0.2, 0) is 25.7 Å². The van der Waals surface area contributed by atoms with Gasteiger partial charge in [-0.3, -0.25) is 0 Å². The quantitative estimate of drug-likeness (QED) is 0.124. The van der Waals surface area contributed by atoms with E-state index >= 15 is 0 Å². The Hall–Kier alpha value is -6.64. The first-order chi connectivity index (χ1) is 28.4. The molecule has 0 spiro atoms. The van der Waals surface area contributed by atoms with Crippen LogP contribution in [0.25, 0.3) is 22.3 Å². The van der Waals surface area contributed by atoms with E-state index in [0.29, 0.717) is 0 Å². The average molecular weight is 757 g/mol. The molecular formula is C56H52O2. The van der Waals surface area contributed by atoms with Crippen molar-refractivity contribution in [3.8, 4) is 33.8 Å². The Balaban J connectivity index is 0.000000177. The number of methoxy groups -OCH3 is 2. The predicted octanol–water partition coefficient (Wildman–Crippen LogP) is 13.7. The van der Waals surface area contributed by atoms with E-state index in [9.17, 15) is 0 Å². The van der Waals surface area contributed by atoms with Crippen molar-refractivity contribution in [2.24, 2.45) is 0 Å². The minimum Gasteiger partial charge on any atom is -0.496 e. The third-order valence-electron chi connectivity index (χ3n) is 10.7. The largest absolute Gasteiger partial charge is 0.496 e. The zero-order valence-electron chi connectivity index (χ0n) is 34.1. The SMILES string of the molecule is COc1cc(Cc2ccccc2)ccc1-c1ccc(Cc2ccccc2)cc1OC.Cc1cc(Cc2ccccc2)ccc1-c1ccc(Cc2ccccc2)cc1C. The zero-order chi connectivity index (χ0) is 40.1. The molecule has 288 valence electrons. The first-order valence-electron chi connectivity index (χ1n) is 20.1. The number of rotatable bonds is 12. The minimum absolute atomic E-state index is 0.859. The number of aryl methyl sites for hydroxylation is 2. The Morgan fingerprint density at radius 2 is 0.534 bits per heavy atom. The van der Waals surface area contributed by atoms with Gasteiger partial charge in [-0.25, -0.2) is 0 Å². The fourth-order valence-corrected chi connectivity index (χ4v) is 7.74. The molecule has 0 bridgehead atoms. The second-order valence-electron chi connectivity index (χ2n) is 15.0. The van der Waals surface area contributed by atoms with E-state index in [1.165, 1.54) is 66.8 Å². The summed E-state index contributed by atoms with van der Waals surface area (Å²) in [5.41, 5.74) is 17.9. The minimum atomic E-state index is 0.859. The molecule has 0 aliphatic heterocycles. The molecule has 0 amide bonds. The second kappa shape index (κ2) is 19.5. The Labute approximate surface area is 345 Å². The van der Waals surface area contributed by atoms with Crippen molar-refractivity contribution in [2.75, 3.05) is 14.2 Å². The Bertz CT molecular complexity index is 2340. The molecule has 0 radical (unpaired) electrons. The van der Waals surface area contributed by atoms with Crippen molar-refractivity contribution in [1.29, 1.82) is 0 Å². The first kappa shape index (κ1) is 39.6. The van der Waals surface area contributed by atoms with Crippen LogP contribution in [0.3, 0.4) is 0 Å². The van der Waals surface area contributed by atoms with E-state index in [1.807, 2.05) is 12.1 Å². The smallest absolute Gasteiger partial charge is 0.127 e. The molecule has 0 heterocycles. The van der Waals surface area contributed by atoms with Crippen LogP contribution in [0.1, 0.15) is 55.6 Å². The molecule has 58 heavy (non-hydrogen) atoms. The third-order valence-corrected chi connectivity index (χ3v) is 10.7. The van der Waals surface area contributed by atoms with Gasteiger partial charge in [-0.2, -0.15) is 0 Å². The van der Waals surface area contributed by atoms with Crippen LogP contribution in [0, 0.1) is 13.8 Å². The van der Waals surface area contributed by atoms with Crippen LogP contribution in [-0.4, -0.2) is 14.2 Å². The fourth-order valence-electron chi connectivity index (χ4n) is 7.74.